The second kappa shape index (κ2) is 8.52. The fraction of sp³-hybridized carbons (Fsp3) is 0.0455. The van der Waals surface area contributed by atoms with Crippen LogP contribution in [0.25, 0.3) is 28.0 Å². The zero-order valence-corrected chi connectivity index (χ0v) is 18.1. The third-order valence-electron chi connectivity index (χ3n) is 4.99. The molecule has 0 spiro atoms. The standard InChI is InChI=1S/C22H14ClF2N7O2/c1-34-22-14-8-12(9-26-20(14)29-30-22)17-10-32(31-28-17)19-15(24)5-6-16(18(19)25)27-21(33)11-3-2-4-13(23)7-11/h2-10H,1H3,(H,27,33)(H,26,29,30). The molecule has 0 aliphatic rings. The van der Waals surface area contributed by atoms with Gasteiger partial charge in [-0.05, 0) is 36.4 Å². The Morgan fingerprint density at radius 2 is 2.06 bits per heavy atom. The number of carbonyl (C=O) groups is 1. The number of halogens is 3. The molecule has 5 rings (SSSR count). The van der Waals surface area contributed by atoms with Crippen LogP contribution in [-0.4, -0.2) is 43.2 Å². The lowest BCUT2D eigenvalue weighted by Crippen LogP contribution is -2.14. The van der Waals surface area contributed by atoms with Gasteiger partial charge in [0.1, 0.15) is 11.4 Å². The molecule has 0 aliphatic carbocycles. The highest BCUT2D eigenvalue weighted by molar-refractivity contribution is 6.31. The highest BCUT2D eigenvalue weighted by Gasteiger charge is 2.20. The molecule has 2 N–H and O–H groups in total. The highest BCUT2D eigenvalue weighted by atomic mass is 35.5. The Morgan fingerprint density at radius 3 is 2.85 bits per heavy atom. The number of carbonyl (C=O) groups excluding carboxylic acids is 1. The molecular formula is C22H14ClF2N7O2. The number of amides is 1. The first-order valence-corrected chi connectivity index (χ1v) is 10.2. The number of pyridine rings is 1. The lowest BCUT2D eigenvalue weighted by Gasteiger charge is -2.11. The van der Waals surface area contributed by atoms with Gasteiger partial charge in [-0.2, -0.15) is 0 Å². The minimum absolute atomic E-state index is 0.221. The monoisotopic (exact) mass is 481 g/mol. The number of anilines is 1. The summed E-state index contributed by atoms with van der Waals surface area (Å²) in [6.07, 6.45) is 2.86. The van der Waals surface area contributed by atoms with E-state index in [1.165, 1.54) is 31.6 Å². The smallest absolute Gasteiger partial charge is 0.255 e. The van der Waals surface area contributed by atoms with E-state index in [2.05, 4.69) is 30.8 Å². The van der Waals surface area contributed by atoms with Gasteiger partial charge >= 0.3 is 0 Å². The Hall–Kier alpha value is -4.38. The Kier molecular flexibility index (Phi) is 5.38. The number of hydrogen-bond donors (Lipinski definition) is 2. The molecule has 0 saturated heterocycles. The van der Waals surface area contributed by atoms with Crippen LogP contribution in [0.1, 0.15) is 10.4 Å². The van der Waals surface area contributed by atoms with Gasteiger partial charge in [0.25, 0.3) is 5.91 Å². The van der Waals surface area contributed by atoms with Crippen LogP contribution in [0.5, 0.6) is 5.88 Å². The molecule has 1 amide bonds. The number of aromatic amines is 1. The number of benzene rings is 2. The van der Waals surface area contributed by atoms with Crippen LogP contribution in [0.4, 0.5) is 14.5 Å². The number of H-pyrrole nitrogens is 1. The molecular weight excluding hydrogens is 468 g/mol. The average Bonchev–Trinajstić information content (AvgIpc) is 3.48. The average molecular weight is 482 g/mol. The van der Waals surface area contributed by atoms with Crippen LogP contribution in [0.15, 0.2) is 54.9 Å². The summed E-state index contributed by atoms with van der Waals surface area (Å²) in [5, 5.41) is 18.0. The van der Waals surface area contributed by atoms with E-state index in [1.54, 1.807) is 18.2 Å². The first kappa shape index (κ1) is 21.5. The summed E-state index contributed by atoms with van der Waals surface area (Å²) in [5.41, 5.74) is 0.836. The summed E-state index contributed by atoms with van der Waals surface area (Å²) < 4.78 is 36.0. The van der Waals surface area contributed by atoms with Gasteiger partial charge in [-0.3, -0.25) is 9.89 Å². The van der Waals surface area contributed by atoms with Crippen molar-refractivity contribution in [2.24, 2.45) is 0 Å². The summed E-state index contributed by atoms with van der Waals surface area (Å²) in [4.78, 5) is 16.7. The molecule has 0 bridgehead atoms. The van der Waals surface area contributed by atoms with Gasteiger partial charge in [-0.15, -0.1) is 10.2 Å². The van der Waals surface area contributed by atoms with Crippen molar-refractivity contribution in [3.05, 3.63) is 77.1 Å². The zero-order chi connectivity index (χ0) is 23.8. The molecule has 3 aromatic heterocycles. The maximum atomic E-state index is 15.2. The van der Waals surface area contributed by atoms with Gasteiger partial charge in [0.15, 0.2) is 17.3 Å². The number of ether oxygens (including phenoxy) is 1. The summed E-state index contributed by atoms with van der Waals surface area (Å²) in [7, 11) is 1.47. The second-order valence-electron chi connectivity index (χ2n) is 7.12. The Bertz CT molecular complexity index is 1550. The first-order chi connectivity index (χ1) is 16.4. The predicted octanol–water partition coefficient (Wildman–Crippen LogP) is 4.40. The number of nitrogens with one attached hydrogen (secondary N) is 2. The molecule has 12 heteroatoms. The van der Waals surface area contributed by atoms with Crippen molar-refractivity contribution in [3.63, 3.8) is 0 Å². The number of aromatic nitrogens is 6. The van der Waals surface area contributed by atoms with E-state index >= 15 is 4.39 Å². The van der Waals surface area contributed by atoms with Crippen molar-refractivity contribution >= 4 is 34.2 Å². The molecule has 0 aliphatic heterocycles. The van der Waals surface area contributed by atoms with E-state index in [1.807, 2.05) is 0 Å². The quantitative estimate of drug-likeness (QED) is 0.385. The molecule has 34 heavy (non-hydrogen) atoms. The van der Waals surface area contributed by atoms with Crippen molar-refractivity contribution < 1.29 is 18.3 Å². The van der Waals surface area contributed by atoms with Crippen LogP contribution in [0.3, 0.4) is 0 Å². The van der Waals surface area contributed by atoms with E-state index in [4.69, 9.17) is 16.3 Å². The predicted molar refractivity (Wildman–Crippen MR) is 120 cm³/mol. The van der Waals surface area contributed by atoms with Gasteiger partial charge in [-0.25, -0.2) is 18.4 Å². The molecule has 170 valence electrons. The highest BCUT2D eigenvalue weighted by Crippen LogP contribution is 2.28. The molecule has 0 saturated carbocycles. The van der Waals surface area contributed by atoms with Crippen molar-refractivity contribution in [2.45, 2.75) is 0 Å². The Balaban J connectivity index is 1.48. The number of rotatable bonds is 5. The fourth-order valence-corrected chi connectivity index (χ4v) is 3.54. The number of fused-ring (bicyclic) bond motifs is 1. The normalized spacial score (nSPS) is 11.1. The molecule has 0 atom stereocenters. The van der Waals surface area contributed by atoms with Gasteiger partial charge in [0.05, 0.1) is 24.4 Å². The lowest BCUT2D eigenvalue weighted by atomic mass is 10.2. The first-order valence-electron chi connectivity index (χ1n) is 9.80. The number of nitrogens with zero attached hydrogens (tertiary/aromatic N) is 5. The fourth-order valence-electron chi connectivity index (χ4n) is 3.35. The van der Waals surface area contributed by atoms with Crippen LogP contribution in [0.2, 0.25) is 5.02 Å². The maximum Gasteiger partial charge on any atom is 0.255 e. The van der Waals surface area contributed by atoms with Crippen molar-refractivity contribution in [2.75, 3.05) is 12.4 Å². The van der Waals surface area contributed by atoms with E-state index in [9.17, 15) is 9.18 Å². The minimum Gasteiger partial charge on any atom is -0.479 e. The Morgan fingerprint density at radius 1 is 1.21 bits per heavy atom. The minimum atomic E-state index is -1.02. The largest absolute Gasteiger partial charge is 0.479 e. The summed E-state index contributed by atoms with van der Waals surface area (Å²) in [6.45, 7) is 0. The molecule has 5 aromatic rings. The van der Waals surface area contributed by atoms with Gasteiger partial charge < -0.3 is 10.1 Å². The van der Waals surface area contributed by atoms with Crippen molar-refractivity contribution in [1.29, 1.82) is 0 Å². The van der Waals surface area contributed by atoms with Gasteiger partial charge in [0, 0.05) is 22.3 Å². The SMILES string of the molecule is COc1n[nH]c2ncc(-c3cn(-c4c(F)ccc(NC(=O)c5cccc(Cl)c5)c4F)nn3)cc12. The molecule has 0 fully saturated rings. The molecule has 9 nitrogen and oxygen atoms in total. The maximum absolute atomic E-state index is 15.2. The van der Waals surface area contributed by atoms with Crippen LogP contribution < -0.4 is 10.1 Å². The molecule has 3 heterocycles. The van der Waals surface area contributed by atoms with Crippen molar-refractivity contribution in [3.8, 4) is 22.8 Å². The van der Waals surface area contributed by atoms with Crippen LogP contribution in [-0.2, 0) is 0 Å². The topological polar surface area (TPSA) is 111 Å². The summed E-state index contributed by atoms with van der Waals surface area (Å²) in [5.74, 6) is -2.17. The zero-order valence-electron chi connectivity index (χ0n) is 17.4. The van der Waals surface area contributed by atoms with Crippen LogP contribution in [0, 0.1) is 11.6 Å². The number of methoxy groups -OCH3 is 1. The van der Waals surface area contributed by atoms with E-state index < -0.39 is 23.2 Å². The van der Waals surface area contributed by atoms with Gasteiger partial charge in [-0.1, -0.05) is 22.9 Å². The van der Waals surface area contributed by atoms with E-state index in [0.717, 1.165) is 16.8 Å². The summed E-state index contributed by atoms with van der Waals surface area (Å²) >= 11 is 5.91. The third kappa shape index (κ3) is 3.82. The van der Waals surface area contributed by atoms with E-state index in [0.29, 0.717) is 33.2 Å². The lowest BCUT2D eigenvalue weighted by molar-refractivity contribution is 0.102. The Labute approximate surface area is 195 Å². The van der Waals surface area contributed by atoms with Gasteiger partial charge in [0.2, 0.25) is 5.88 Å². The molecule has 2 aromatic carbocycles. The third-order valence-corrected chi connectivity index (χ3v) is 5.23. The number of hydrogen-bond acceptors (Lipinski definition) is 6. The van der Waals surface area contributed by atoms with Crippen molar-refractivity contribution in [1.82, 2.24) is 30.2 Å². The van der Waals surface area contributed by atoms with Crippen LogP contribution >= 0.6 is 11.6 Å². The molecule has 0 unspecified atom stereocenters. The molecule has 0 radical (unpaired) electrons. The summed E-state index contributed by atoms with van der Waals surface area (Å²) in [6, 6.07) is 10.0. The van der Waals surface area contributed by atoms with E-state index in [-0.39, 0.29) is 11.3 Å². The second-order valence-corrected chi connectivity index (χ2v) is 7.56.